The van der Waals surface area contributed by atoms with Crippen molar-refractivity contribution in [2.75, 3.05) is 6.61 Å². The minimum atomic E-state index is 0.160. The van der Waals surface area contributed by atoms with Gasteiger partial charge in [0.25, 0.3) is 0 Å². The fourth-order valence-corrected chi connectivity index (χ4v) is 1.35. The zero-order valence-corrected chi connectivity index (χ0v) is 5.64. The average Bonchev–Trinajstić information content (AvgIpc) is 1.90. The molecule has 53 valence electrons. The molecule has 9 heavy (non-hydrogen) atoms. The molecule has 2 heteroatoms. The van der Waals surface area contributed by atoms with Crippen LogP contribution in [0.5, 0.6) is 0 Å². The van der Waals surface area contributed by atoms with Crippen LogP contribution >= 0.6 is 0 Å². The summed E-state index contributed by atoms with van der Waals surface area (Å²) < 4.78 is 0. The number of aliphatic hydroxyl groups excluding tert-OH is 1. The highest BCUT2D eigenvalue weighted by atomic mass is 16.3. The monoisotopic (exact) mass is 128 g/mol. The van der Waals surface area contributed by atoms with Crippen molar-refractivity contribution in [1.29, 1.82) is 0 Å². The van der Waals surface area contributed by atoms with E-state index in [1.165, 1.54) is 0 Å². The summed E-state index contributed by atoms with van der Waals surface area (Å²) in [5, 5.41) is 8.72. The van der Waals surface area contributed by atoms with E-state index in [0.29, 0.717) is 12.5 Å². The Morgan fingerprint density at radius 2 is 1.78 bits per heavy atom. The van der Waals surface area contributed by atoms with Gasteiger partial charge in [-0.1, -0.05) is 0 Å². The lowest BCUT2D eigenvalue weighted by atomic mass is 9.87. The summed E-state index contributed by atoms with van der Waals surface area (Å²) >= 11 is 0. The van der Waals surface area contributed by atoms with Crippen LogP contribution in [0.4, 0.5) is 0 Å². The van der Waals surface area contributed by atoms with Crippen LogP contribution in [-0.2, 0) is 0 Å². The van der Waals surface area contributed by atoms with Crippen molar-refractivity contribution in [3.8, 4) is 0 Å². The quantitative estimate of drug-likeness (QED) is 0.558. The minimum Gasteiger partial charge on any atom is -0.396 e. The molecule has 1 saturated carbocycles. The van der Waals surface area contributed by atoms with Gasteiger partial charge in [0.1, 0.15) is 0 Å². The van der Waals surface area contributed by atoms with E-state index in [2.05, 4.69) is 0 Å². The first kappa shape index (κ1) is 7.03. The Balaban J connectivity index is 2.18. The van der Waals surface area contributed by atoms with E-state index >= 15 is 0 Å². The third-order valence-corrected chi connectivity index (χ3v) is 2.10. The fraction of sp³-hybridized carbons (Fsp3) is 1.00. The molecule has 0 aromatic heterocycles. The van der Waals surface area contributed by atoms with Crippen molar-refractivity contribution in [3.05, 3.63) is 0 Å². The largest absolute Gasteiger partial charge is 0.396 e. The molecular weight excluding hydrogens is 114 g/mol. The van der Waals surface area contributed by atoms with Crippen LogP contribution in [0.2, 0.25) is 0 Å². The van der Waals surface area contributed by atoms with Crippen LogP contribution in [0.25, 0.3) is 0 Å². The standard InChI is InChI=1S/C7H14NO/c8-7-3-1-6(5-9)2-4-7/h6-9H,1-5H2. The first-order valence-electron chi connectivity index (χ1n) is 3.65. The molecule has 1 aliphatic rings. The Labute approximate surface area is 56.1 Å². The third-order valence-electron chi connectivity index (χ3n) is 2.10. The Hall–Kier alpha value is -0.0800. The van der Waals surface area contributed by atoms with Gasteiger partial charge in [0.2, 0.25) is 0 Å². The molecule has 0 aromatic carbocycles. The molecule has 1 fully saturated rings. The van der Waals surface area contributed by atoms with Crippen molar-refractivity contribution in [2.45, 2.75) is 31.7 Å². The highest BCUT2D eigenvalue weighted by Crippen LogP contribution is 2.22. The number of hydrogen-bond acceptors (Lipinski definition) is 1. The fourth-order valence-electron chi connectivity index (χ4n) is 1.35. The summed E-state index contributed by atoms with van der Waals surface area (Å²) in [6.07, 6.45) is 4.10. The second-order valence-corrected chi connectivity index (χ2v) is 2.90. The van der Waals surface area contributed by atoms with Crippen LogP contribution in [0, 0.1) is 5.92 Å². The number of hydrogen-bond donors (Lipinski definition) is 1. The lowest BCUT2D eigenvalue weighted by Gasteiger charge is -2.23. The van der Waals surface area contributed by atoms with Crippen LogP contribution in [0.3, 0.4) is 0 Å². The Bertz CT molecular complexity index is 77.0. The third kappa shape index (κ3) is 1.95. The van der Waals surface area contributed by atoms with Crippen molar-refractivity contribution in [2.24, 2.45) is 5.92 Å². The molecular formula is C7H14NO. The van der Waals surface area contributed by atoms with Gasteiger partial charge in [0, 0.05) is 12.6 Å². The second kappa shape index (κ2) is 3.18. The van der Waals surface area contributed by atoms with Gasteiger partial charge in [-0.2, -0.15) is 0 Å². The Morgan fingerprint density at radius 1 is 1.22 bits per heavy atom. The molecule has 0 atom stereocenters. The SMILES string of the molecule is [NH]C1CCC(CO)CC1. The topological polar surface area (TPSA) is 44.0 Å². The number of nitrogens with one attached hydrogen (secondary N) is 1. The average molecular weight is 128 g/mol. The van der Waals surface area contributed by atoms with Gasteiger partial charge in [-0.25, -0.2) is 0 Å². The van der Waals surface area contributed by atoms with Crippen LogP contribution in [-0.4, -0.2) is 17.8 Å². The zero-order chi connectivity index (χ0) is 6.69. The van der Waals surface area contributed by atoms with E-state index in [4.69, 9.17) is 10.8 Å². The lowest BCUT2D eigenvalue weighted by molar-refractivity contribution is 0.182. The highest BCUT2D eigenvalue weighted by Gasteiger charge is 2.17. The molecule has 0 unspecified atom stereocenters. The summed E-state index contributed by atoms with van der Waals surface area (Å²) in [7, 11) is 0. The van der Waals surface area contributed by atoms with E-state index < -0.39 is 0 Å². The molecule has 0 spiro atoms. The van der Waals surface area contributed by atoms with E-state index in [1.807, 2.05) is 0 Å². The summed E-state index contributed by atoms with van der Waals surface area (Å²) in [5.41, 5.74) is 7.36. The van der Waals surface area contributed by atoms with Gasteiger partial charge < -0.3 is 5.11 Å². The minimum absolute atomic E-state index is 0.160. The summed E-state index contributed by atoms with van der Waals surface area (Å²) in [6.45, 7) is 0.326. The van der Waals surface area contributed by atoms with Crippen molar-refractivity contribution < 1.29 is 5.11 Å². The second-order valence-electron chi connectivity index (χ2n) is 2.90. The first-order chi connectivity index (χ1) is 4.33. The predicted octanol–water partition coefficient (Wildman–Crippen LogP) is 0.820. The van der Waals surface area contributed by atoms with E-state index in [-0.39, 0.29) is 6.04 Å². The smallest absolute Gasteiger partial charge is 0.0459 e. The van der Waals surface area contributed by atoms with Gasteiger partial charge in [-0.05, 0) is 31.6 Å². The van der Waals surface area contributed by atoms with Crippen LogP contribution in [0.1, 0.15) is 25.7 Å². The molecule has 0 bridgehead atoms. The normalized spacial score (nSPS) is 36.7. The molecule has 0 amide bonds. The van der Waals surface area contributed by atoms with Crippen molar-refractivity contribution >= 4 is 0 Å². The maximum Gasteiger partial charge on any atom is 0.0459 e. The Morgan fingerprint density at radius 3 is 2.22 bits per heavy atom. The lowest BCUT2D eigenvalue weighted by Crippen LogP contribution is -2.21. The van der Waals surface area contributed by atoms with E-state index in [9.17, 15) is 0 Å². The van der Waals surface area contributed by atoms with Crippen LogP contribution < -0.4 is 5.73 Å². The Kier molecular flexibility index (Phi) is 2.49. The number of aliphatic hydroxyl groups is 1. The maximum atomic E-state index is 8.72. The molecule has 0 saturated heterocycles. The maximum absolute atomic E-state index is 8.72. The van der Waals surface area contributed by atoms with Gasteiger partial charge in [-0.3, -0.25) is 5.73 Å². The molecule has 1 rings (SSSR count). The zero-order valence-electron chi connectivity index (χ0n) is 5.64. The highest BCUT2D eigenvalue weighted by molar-refractivity contribution is 4.72. The first-order valence-corrected chi connectivity index (χ1v) is 3.65. The summed E-state index contributed by atoms with van der Waals surface area (Å²) in [4.78, 5) is 0. The van der Waals surface area contributed by atoms with Crippen molar-refractivity contribution in [1.82, 2.24) is 5.73 Å². The van der Waals surface area contributed by atoms with E-state index in [1.54, 1.807) is 0 Å². The van der Waals surface area contributed by atoms with Gasteiger partial charge in [-0.15, -0.1) is 0 Å². The predicted molar refractivity (Wildman–Crippen MR) is 35.9 cm³/mol. The molecule has 2 N–H and O–H groups in total. The van der Waals surface area contributed by atoms with Crippen molar-refractivity contribution in [3.63, 3.8) is 0 Å². The van der Waals surface area contributed by atoms with Gasteiger partial charge in [0.05, 0.1) is 0 Å². The van der Waals surface area contributed by atoms with Gasteiger partial charge >= 0.3 is 0 Å². The molecule has 0 heterocycles. The summed E-state index contributed by atoms with van der Waals surface area (Å²) in [6, 6.07) is 0.160. The molecule has 0 aromatic rings. The van der Waals surface area contributed by atoms with Crippen LogP contribution in [0.15, 0.2) is 0 Å². The molecule has 0 aliphatic heterocycles. The molecule has 1 aliphatic carbocycles. The molecule has 2 nitrogen and oxygen atoms in total. The van der Waals surface area contributed by atoms with E-state index in [0.717, 1.165) is 25.7 Å². The molecule has 1 radical (unpaired) electrons. The number of rotatable bonds is 1. The van der Waals surface area contributed by atoms with Gasteiger partial charge in [0.15, 0.2) is 0 Å². The summed E-state index contributed by atoms with van der Waals surface area (Å²) in [5.74, 6) is 0.506.